The molecule has 82 valence electrons. The molecular formula is C11H22N2O. The van der Waals surface area contributed by atoms with Gasteiger partial charge in [0, 0.05) is 13.0 Å². The molecule has 1 aliphatic rings. The van der Waals surface area contributed by atoms with Crippen LogP contribution in [-0.4, -0.2) is 19.0 Å². The van der Waals surface area contributed by atoms with Gasteiger partial charge in [0.05, 0.1) is 0 Å². The van der Waals surface area contributed by atoms with Crippen molar-refractivity contribution in [1.82, 2.24) is 5.32 Å². The Hall–Kier alpha value is -0.570. The number of amides is 1. The molecule has 1 aliphatic carbocycles. The van der Waals surface area contributed by atoms with E-state index in [0.717, 1.165) is 25.3 Å². The maximum atomic E-state index is 11.4. The van der Waals surface area contributed by atoms with Crippen LogP contribution < -0.4 is 11.1 Å². The first-order valence-electron chi connectivity index (χ1n) is 5.73. The van der Waals surface area contributed by atoms with Gasteiger partial charge in [-0.2, -0.15) is 0 Å². The molecule has 0 saturated heterocycles. The molecule has 0 bridgehead atoms. The molecule has 3 nitrogen and oxygen atoms in total. The lowest BCUT2D eigenvalue weighted by Crippen LogP contribution is -2.28. The zero-order valence-corrected chi connectivity index (χ0v) is 9.09. The van der Waals surface area contributed by atoms with Gasteiger partial charge < -0.3 is 11.1 Å². The summed E-state index contributed by atoms with van der Waals surface area (Å²) in [7, 11) is 0. The van der Waals surface area contributed by atoms with Crippen LogP contribution in [0.3, 0.4) is 0 Å². The smallest absolute Gasteiger partial charge is 0.220 e. The number of rotatable bonds is 7. The van der Waals surface area contributed by atoms with Gasteiger partial charge in [0.1, 0.15) is 0 Å². The molecule has 0 aromatic heterocycles. The Bertz CT molecular complexity index is 174. The van der Waals surface area contributed by atoms with E-state index in [1.807, 2.05) is 0 Å². The largest absolute Gasteiger partial charge is 0.356 e. The average Bonchev–Trinajstić information content (AvgIpc) is 2.98. The van der Waals surface area contributed by atoms with Crippen LogP contribution in [0.1, 0.15) is 39.0 Å². The summed E-state index contributed by atoms with van der Waals surface area (Å²) in [6.07, 6.45) is 5.46. The van der Waals surface area contributed by atoms with E-state index in [1.165, 1.54) is 12.8 Å². The fraction of sp³-hybridized carbons (Fsp3) is 0.909. The van der Waals surface area contributed by atoms with E-state index in [0.29, 0.717) is 18.9 Å². The predicted octanol–water partition coefficient (Wildman–Crippen LogP) is 1.28. The van der Waals surface area contributed by atoms with Crippen molar-refractivity contribution in [2.75, 3.05) is 13.1 Å². The highest BCUT2D eigenvalue weighted by Crippen LogP contribution is 2.31. The second-order valence-electron chi connectivity index (χ2n) is 4.30. The normalized spacial score (nSPS) is 17.9. The molecule has 14 heavy (non-hydrogen) atoms. The quantitative estimate of drug-likeness (QED) is 0.647. The molecule has 1 unspecified atom stereocenters. The van der Waals surface area contributed by atoms with Crippen LogP contribution in [0.5, 0.6) is 0 Å². The van der Waals surface area contributed by atoms with Crippen LogP contribution in [0.15, 0.2) is 0 Å². The third-order valence-corrected chi connectivity index (χ3v) is 2.96. The Labute approximate surface area is 86.4 Å². The minimum absolute atomic E-state index is 0.169. The van der Waals surface area contributed by atoms with E-state index in [9.17, 15) is 4.79 Å². The van der Waals surface area contributed by atoms with Crippen LogP contribution in [0.2, 0.25) is 0 Å². The van der Waals surface area contributed by atoms with Crippen molar-refractivity contribution in [3.63, 3.8) is 0 Å². The Balaban J connectivity index is 2.01. The summed E-state index contributed by atoms with van der Waals surface area (Å²) in [6.45, 7) is 3.55. The standard InChI is InChI=1S/C11H22N2O/c1-2-9(8-12)7-11(14)13-6-5-10-3-4-10/h9-10H,2-8,12H2,1H3,(H,13,14). The minimum atomic E-state index is 0.169. The van der Waals surface area contributed by atoms with E-state index in [2.05, 4.69) is 12.2 Å². The van der Waals surface area contributed by atoms with Crippen molar-refractivity contribution in [2.45, 2.75) is 39.0 Å². The third-order valence-electron chi connectivity index (χ3n) is 2.96. The minimum Gasteiger partial charge on any atom is -0.356 e. The lowest BCUT2D eigenvalue weighted by atomic mass is 10.0. The van der Waals surface area contributed by atoms with Crippen molar-refractivity contribution in [2.24, 2.45) is 17.6 Å². The molecule has 3 N–H and O–H groups in total. The topological polar surface area (TPSA) is 55.1 Å². The highest BCUT2D eigenvalue weighted by Gasteiger charge is 2.20. The van der Waals surface area contributed by atoms with Crippen LogP contribution in [0.25, 0.3) is 0 Å². The molecular weight excluding hydrogens is 176 g/mol. The average molecular weight is 198 g/mol. The summed E-state index contributed by atoms with van der Waals surface area (Å²) in [5.41, 5.74) is 5.54. The van der Waals surface area contributed by atoms with Gasteiger partial charge in [-0.1, -0.05) is 26.2 Å². The Morgan fingerprint density at radius 3 is 2.79 bits per heavy atom. The molecule has 1 saturated carbocycles. The fourth-order valence-corrected chi connectivity index (χ4v) is 1.55. The molecule has 0 aromatic carbocycles. The summed E-state index contributed by atoms with van der Waals surface area (Å²) in [5, 5.41) is 2.96. The van der Waals surface area contributed by atoms with E-state index in [1.54, 1.807) is 0 Å². The first-order chi connectivity index (χ1) is 6.76. The molecule has 0 radical (unpaired) electrons. The van der Waals surface area contributed by atoms with Gasteiger partial charge >= 0.3 is 0 Å². The van der Waals surface area contributed by atoms with Crippen molar-refractivity contribution in [1.29, 1.82) is 0 Å². The Kier molecular flexibility index (Phi) is 4.94. The molecule has 1 amide bonds. The highest BCUT2D eigenvalue weighted by molar-refractivity contribution is 5.76. The van der Waals surface area contributed by atoms with Crippen LogP contribution in [0.4, 0.5) is 0 Å². The number of nitrogens with one attached hydrogen (secondary N) is 1. The van der Waals surface area contributed by atoms with Gasteiger partial charge in [-0.25, -0.2) is 0 Å². The maximum Gasteiger partial charge on any atom is 0.220 e. The lowest BCUT2D eigenvalue weighted by Gasteiger charge is -2.11. The summed E-state index contributed by atoms with van der Waals surface area (Å²) in [5.74, 6) is 1.42. The fourth-order valence-electron chi connectivity index (χ4n) is 1.55. The first-order valence-corrected chi connectivity index (χ1v) is 5.73. The van der Waals surface area contributed by atoms with Crippen LogP contribution in [-0.2, 0) is 4.79 Å². The molecule has 1 fully saturated rings. The first kappa shape index (κ1) is 11.5. The van der Waals surface area contributed by atoms with Crippen molar-refractivity contribution < 1.29 is 4.79 Å². The zero-order valence-electron chi connectivity index (χ0n) is 9.09. The lowest BCUT2D eigenvalue weighted by molar-refractivity contribution is -0.122. The Morgan fingerprint density at radius 2 is 2.29 bits per heavy atom. The van der Waals surface area contributed by atoms with E-state index in [4.69, 9.17) is 5.73 Å². The summed E-state index contributed by atoms with van der Waals surface area (Å²) >= 11 is 0. The molecule has 1 rings (SSSR count). The second kappa shape index (κ2) is 6.02. The van der Waals surface area contributed by atoms with Crippen molar-refractivity contribution in [3.05, 3.63) is 0 Å². The van der Waals surface area contributed by atoms with E-state index in [-0.39, 0.29) is 5.91 Å². The van der Waals surface area contributed by atoms with Gasteiger partial charge in [0.2, 0.25) is 5.91 Å². The Morgan fingerprint density at radius 1 is 1.57 bits per heavy atom. The SMILES string of the molecule is CCC(CN)CC(=O)NCCC1CC1. The number of carbonyl (C=O) groups excluding carboxylic acids is 1. The molecule has 1 atom stereocenters. The maximum absolute atomic E-state index is 11.4. The molecule has 3 heteroatoms. The van der Waals surface area contributed by atoms with Gasteiger partial charge in [0.15, 0.2) is 0 Å². The van der Waals surface area contributed by atoms with Crippen molar-refractivity contribution >= 4 is 5.91 Å². The van der Waals surface area contributed by atoms with Gasteiger partial charge in [0.25, 0.3) is 0 Å². The molecule has 0 spiro atoms. The second-order valence-corrected chi connectivity index (χ2v) is 4.30. The van der Waals surface area contributed by atoms with Crippen LogP contribution >= 0.6 is 0 Å². The number of carbonyl (C=O) groups is 1. The molecule has 0 heterocycles. The monoisotopic (exact) mass is 198 g/mol. The van der Waals surface area contributed by atoms with E-state index < -0.39 is 0 Å². The van der Waals surface area contributed by atoms with E-state index >= 15 is 0 Å². The summed E-state index contributed by atoms with van der Waals surface area (Å²) < 4.78 is 0. The molecule has 0 aromatic rings. The van der Waals surface area contributed by atoms with Gasteiger partial charge in [-0.05, 0) is 24.8 Å². The van der Waals surface area contributed by atoms with Gasteiger partial charge in [-0.15, -0.1) is 0 Å². The zero-order chi connectivity index (χ0) is 10.4. The molecule has 0 aliphatic heterocycles. The summed E-state index contributed by atoms with van der Waals surface area (Å²) in [4.78, 5) is 11.4. The van der Waals surface area contributed by atoms with Gasteiger partial charge in [-0.3, -0.25) is 4.79 Å². The van der Waals surface area contributed by atoms with Crippen LogP contribution in [0, 0.1) is 11.8 Å². The third kappa shape index (κ3) is 4.61. The highest BCUT2D eigenvalue weighted by atomic mass is 16.1. The van der Waals surface area contributed by atoms with Crippen molar-refractivity contribution in [3.8, 4) is 0 Å². The number of hydrogen-bond acceptors (Lipinski definition) is 2. The number of nitrogens with two attached hydrogens (primary N) is 1. The number of hydrogen-bond donors (Lipinski definition) is 2. The summed E-state index contributed by atoms with van der Waals surface area (Å²) in [6, 6.07) is 0. The predicted molar refractivity (Wildman–Crippen MR) is 57.8 cm³/mol.